The topological polar surface area (TPSA) is 43.6 Å². The molecule has 114 valence electrons. The summed E-state index contributed by atoms with van der Waals surface area (Å²) in [6.45, 7) is 4.87. The Morgan fingerprint density at radius 1 is 1.19 bits per heavy atom. The second kappa shape index (κ2) is 7.00. The van der Waals surface area contributed by atoms with E-state index in [2.05, 4.69) is 28.2 Å². The van der Waals surface area contributed by atoms with Crippen molar-refractivity contribution in [2.24, 2.45) is 0 Å². The van der Waals surface area contributed by atoms with E-state index in [0.717, 1.165) is 39.4 Å². The first kappa shape index (κ1) is 15.9. The first-order chi connectivity index (χ1) is 10.1. The largest absolute Gasteiger partial charge is 0.496 e. The molecule has 0 aliphatic rings. The molecule has 0 aliphatic carbocycles. The van der Waals surface area contributed by atoms with E-state index in [0.29, 0.717) is 0 Å². The number of halogens is 1. The van der Waals surface area contributed by atoms with E-state index in [-0.39, 0.29) is 6.04 Å². The molecule has 0 saturated carbocycles. The molecule has 0 saturated heterocycles. The van der Waals surface area contributed by atoms with Gasteiger partial charge in [0.05, 0.1) is 31.0 Å². The van der Waals surface area contributed by atoms with Gasteiger partial charge in [-0.05, 0) is 47.6 Å². The number of aryl methyl sites for hydroxylation is 1. The van der Waals surface area contributed by atoms with E-state index in [4.69, 9.17) is 13.9 Å². The molecule has 0 spiro atoms. The van der Waals surface area contributed by atoms with Gasteiger partial charge in [0.15, 0.2) is 0 Å². The van der Waals surface area contributed by atoms with E-state index < -0.39 is 0 Å². The Balaban J connectivity index is 2.56. The van der Waals surface area contributed by atoms with Gasteiger partial charge >= 0.3 is 0 Å². The first-order valence-electron chi connectivity index (χ1n) is 6.81. The van der Waals surface area contributed by atoms with Crippen molar-refractivity contribution in [1.29, 1.82) is 0 Å². The Labute approximate surface area is 133 Å². The third kappa shape index (κ3) is 3.24. The Hall–Kier alpha value is -1.46. The summed E-state index contributed by atoms with van der Waals surface area (Å²) in [6, 6.07) is 5.89. The lowest BCUT2D eigenvalue weighted by atomic mass is 9.98. The predicted octanol–water partition coefficient (Wildman–Crippen LogP) is 4.07. The second-order valence-electron chi connectivity index (χ2n) is 4.65. The lowest BCUT2D eigenvalue weighted by Gasteiger charge is -2.22. The first-order valence-corrected chi connectivity index (χ1v) is 7.60. The lowest BCUT2D eigenvalue weighted by Crippen LogP contribution is -2.23. The summed E-state index contributed by atoms with van der Waals surface area (Å²) in [5.41, 5.74) is 2.11. The van der Waals surface area contributed by atoms with Gasteiger partial charge in [-0.1, -0.05) is 6.92 Å². The van der Waals surface area contributed by atoms with Crippen LogP contribution in [-0.4, -0.2) is 20.8 Å². The summed E-state index contributed by atoms with van der Waals surface area (Å²) in [5, 5.41) is 3.48. The Morgan fingerprint density at radius 2 is 1.90 bits per heavy atom. The fourth-order valence-corrected chi connectivity index (χ4v) is 2.88. The van der Waals surface area contributed by atoms with Gasteiger partial charge in [0.1, 0.15) is 17.3 Å². The fourth-order valence-electron chi connectivity index (χ4n) is 2.40. The molecule has 1 atom stereocenters. The minimum absolute atomic E-state index is 0.00861. The van der Waals surface area contributed by atoms with Crippen LogP contribution in [-0.2, 0) is 0 Å². The van der Waals surface area contributed by atoms with Crippen LogP contribution in [0.25, 0.3) is 0 Å². The summed E-state index contributed by atoms with van der Waals surface area (Å²) in [5.74, 6) is 2.47. The Morgan fingerprint density at radius 3 is 2.43 bits per heavy atom. The van der Waals surface area contributed by atoms with Gasteiger partial charge in [-0.3, -0.25) is 0 Å². The third-order valence-corrected chi connectivity index (χ3v) is 4.05. The number of methoxy groups -OCH3 is 2. The highest BCUT2D eigenvalue weighted by molar-refractivity contribution is 9.10. The molecule has 1 N–H and O–H groups in total. The molecule has 0 amide bonds. The maximum absolute atomic E-state index is 5.53. The van der Waals surface area contributed by atoms with Crippen LogP contribution in [0.5, 0.6) is 11.5 Å². The van der Waals surface area contributed by atoms with Gasteiger partial charge in [0.2, 0.25) is 0 Å². The van der Waals surface area contributed by atoms with Crippen molar-refractivity contribution < 1.29 is 13.9 Å². The summed E-state index contributed by atoms with van der Waals surface area (Å²) in [6.07, 6.45) is 1.71. The molecule has 1 aromatic heterocycles. The van der Waals surface area contributed by atoms with E-state index in [1.165, 1.54) is 0 Å². The van der Waals surface area contributed by atoms with Crippen LogP contribution < -0.4 is 14.8 Å². The maximum Gasteiger partial charge on any atom is 0.133 e. The van der Waals surface area contributed by atoms with Gasteiger partial charge < -0.3 is 19.2 Å². The van der Waals surface area contributed by atoms with Crippen LogP contribution in [0.1, 0.15) is 29.9 Å². The molecule has 0 radical (unpaired) electrons. The van der Waals surface area contributed by atoms with Gasteiger partial charge in [-0.15, -0.1) is 0 Å². The van der Waals surface area contributed by atoms with Crippen LogP contribution in [0.15, 0.2) is 33.4 Å². The number of nitrogens with one attached hydrogen (secondary N) is 1. The molecule has 2 aromatic rings. The SMILES string of the molecule is CCNC(c1cc(OC)c(Br)cc1OC)c1ccoc1C. The average Bonchev–Trinajstić information content (AvgIpc) is 2.90. The fraction of sp³-hybridized carbons (Fsp3) is 0.375. The summed E-state index contributed by atoms with van der Waals surface area (Å²) >= 11 is 3.49. The number of rotatable bonds is 6. The summed E-state index contributed by atoms with van der Waals surface area (Å²) in [7, 11) is 3.32. The molecule has 0 fully saturated rings. The van der Waals surface area contributed by atoms with E-state index >= 15 is 0 Å². The van der Waals surface area contributed by atoms with Crippen molar-refractivity contribution >= 4 is 15.9 Å². The second-order valence-corrected chi connectivity index (χ2v) is 5.51. The molecule has 1 heterocycles. The number of benzene rings is 1. The van der Waals surface area contributed by atoms with Crippen molar-refractivity contribution in [3.05, 3.63) is 45.8 Å². The Bertz CT molecular complexity index is 610. The van der Waals surface area contributed by atoms with Crippen LogP contribution in [0.3, 0.4) is 0 Å². The minimum Gasteiger partial charge on any atom is -0.496 e. The molecular weight excluding hydrogens is 334 g/mol. The van der Waals surface area contributed by atoms with Crippen LogP contribution in [0.4, 0.5) is 0 Å². The number of hydrogen-bond acceptors (Lipinski definition) is 4. The standard InChI is InChI=1S/C16H20BrNO3/c1-5-18-16(11-6-7-21-10(11)2)12-8-15(20-4)13(17)9-14(12)19-3/h6-9,16,18H,5H2,1-4H3. The average molecular weight is 354 g/mol. The minimum atomic E-state index is -0.00861. The summed E-state index contributed by atoms with van der Waals surface area (Å²) in [4.78, 5) is 0. The highest BCUT2D eigenvalue weighted by Gasteiger charge is 2.22. The van der Waals surface area contributed by atoms with Crippen LogP contribution >= 0.6 is 15.9 Å². The van der Waals surface area contributed by atoms with Crippen molar-refractivity contribution in [1.82, 2.24) is 5.32 Å². The van der Waals surface area contributed by atoms with E-state index in [1.807, 2.05) is 25.1 Å². The summed E-state index contributed by atoms with van der Waals surface area (Å²) < 4.78 is 17.3. The highest BCUT2D eigenvalue weighted by atomic mass is 79.9. The van der Waals surface area contributed by atoms with Crippen molar-refractivity contribution in [3.8, 4) is 11.5 Å². The zero-order valence-electron chi connectivity index (χ0n) is 12.7. The van der Waals surface area contributed by atoms with Gasteiger partial charge in [0.25, 0.3) is 0 Å². The number of furan rings is 1. The molecule has 1 aromatic carbocycles. The van der Waals surface area contributed by atoms with E-state index in [9.17, 15) is 0 Å². The lowest BCUT2D eigenvalue weighted by molar-refractivity contribution is 0.392. The Kier molecular flexibility index (Phi) is 5.31. The predicted molar refractivity (Wildman–Crippen MR) is 86.2 cm³/mol. The molecule has 1 unspecified atom stereocenters. The highest BCUT2D eigenvalue weighted by Crippen LogP contribution is 2.38. The number of ether oxygens (including phenoxy) is 2. The van der Waals surface area contributed by atoms with Crippen molar-refractivity contribution in [2.75, 3.05) is 20.8 Å². The molecule has 0 aliphatic heterocycles. The zero-order valence-corrected chi connectivity index (χ0v) is 14.3. The van der Waals surface area contributed by atoms with Crippen molar-refractivity contribution in [2.45, 2.75) is 19.9 Å². The molecular formula is C16H20BrNO3. The van der Waals surface area contributed by atoms with Gasteiger partial charge in [-0.2, -0.15) is 0 Å². The van der Waals surface area contributed by atoms with Crippen molar-refractivity contribution in [3.63, 3.8) is 0 Å². The third-order valence-electron chi connectivity index (χ3n) is 3.43. The molecule has 21 heavy (non-hydrogen) atoms. The quantitative estimate of drug-likeness (QED) is 0.850. The zero-order chi connectivity index (χ0) is 15.4. The molecule has 4 nitrogen and oxygen atoms in total. The monoisotopic (exact) mass is 353 g/mol. The van der Waals surface area contributed by atoms with Crippen LogP contribution in [0, 0.1) is 6.92 Å². The smallest absolute Gasteiger partial charge is 0.133 e. The molecule has 0 bridgehead atoms. The number of hydrogen-bond donors (Lipinski definition) is 1. The maximum atomic E-state index is 5.53. The van der Waals surface area contributed by atoms with Crippen LogP contribution in [0.2, 0.25) is 0 Å². The molecule has 5 heteroatoms. The normalized spacial score (nSPS) is 12.2. The van der Waals surface area contributed by atoms with Gasteiger partial charge in [-0.25, -0.2) is 0 Å². The molecule has 2 rings (SSSR count). The van der Waals surface area contributed by atoms with E-state index in [1.54, 1.807) is 20.5 Å². The van der Waals surface area contributed by atoms with Gasteiger partial charge in [0, 0.05) is 11.1 Å².